The lowest BCUT2D eigenvalue weighted by Crippen LogP contribution is -2.47. The van der Waals surface area contributed by atoms with Gasteiger partial charge in [0.15, 0.2) is 0 Å². The van der Waals surface area contributed by atoms with Crippen molar-refractivity contribution in [1.82, 2.24) is 9.62 Å². The van der Waals surface area contributed by atoms with Gasteiger partial charge in [0.2, 0.25) is 10.0 Å². The van der Waals surface area contributed by atoms with Gasteiger partial charge in [-0.3, -0.25) is 0 Å². The van der Waals surface area contributed by atoms with Crippen molar-refractivity contribution in [1.29, 1.82) is 0 Å². The van der Waals surface area contributed by atoms with Crippen molar-refractivity contribution in [2.75, 3.05) is 13.6 Å². The quantitative estimate of drug-likeness (QED) is 0.894. The molecule has 0 aliphatic carbocycles. The van der Waals surface area contributed by atoms with Crippen molar-refractivity contribution in [3.05, 3.63) is 14.7 Å². The van der Waals surface area contributed by atoms with Gasteiger partial charge in [0.05, 0.1) is 8.68 Å². The van der Waals surface area contributed by atoms with Crippen LogP contribution in [-0.4, -0.2) is 39.0 Å². The molecule has 1 fully saturated rings. The first-order chi connectivity index (χ1) is 8.79. The van der Waals surface area contributed by atoms with Crippen molar-refractivity contribution in [2.45, 2.75) is 43.7 Å². The lowest BCUT2D eigenvalue weighted by Gasteiger charge is -2.35. The van der Waals surface area contributed by atoms with Crippen molar-refractivity contribution >= 4 is 37.3 Å². The standard InChI is InChI=1S/C12H19BrN2O2S2/c1-8-6-10(4-5-15(8)3)14-19(16,17)11-7-12(13)18-9(11)2/h7-8,10,14H,4-6H2,1-3H3. The first kappa shape index (κ1) is 15.4. The lowest BCUT2D eigenvalue weighted by molar-refractivity contribution is 0.178. The molecule has 4 nitrogen and oxygen atoms in total. The molecule has 2 rings (SSSR count). The highest BCUT2D eigenvalue weighted by molar-refractivity contribution is 9.11. The zero-order valence-electron chi connectivity index (χ0n) is 11.3. The number of hydrogen-bond acceptors (Lipinski definition) is 4. The summed E-state index contributed by atoms with van der Waals surface area (Å²) in [6.45, 7) is 4.90. The van der Waals surface area contributed by atoms with Crippen LogP contribution in [0.15, 0.2) is 14.7 Å². The number of likely N-dealkylation sites (tertiary alicyclic amines) is 1. The van der Waals surface area contributed by atoms with Crippen LogP contribution in [0.25, 0.3) is 0 Å². The van der Waals surface area contributed by atoms with Crippen LogP contribution in [0, 0.1) is 6.92 Å². The third kappa shape index (κ3) is 3.58. The van der Waals surface area contributed by atoms with E-state index >= 15 is 0 Å². The highest BCUT2D eigenvalue weighted by Gasteiger charge is 2.28. The molecule has 1 aliphatic rings. The Morgan fingerprint density at radius 3 is 2.74 bits per heavy atom. The fraction of sp³-hybridized carbons (Fsp3) is 0.667. The number of thiophene rings is 1. The summed E-state index contributed by atoms with van der Waals surface area (Å²) < 4.78 is 28.5. The molecule has 108 valence electrons. The van der Waals surface area contributed by atoms with Crippen LogP contribution >= 0.6 is 27.3 Å². The van der Waals surface area contributed by atoms with Crippen LogP contribution < -0.4 is 4.72 Å². The number of halogens is 1. The van der Waals surface area contributed by atoms with Crippen LogP contribution in [0.4, 0.5) is 0 Å². The first-order valence-electron chi connectivity index (χ1n) is 6.28. The molecule has 2 heterocycles. The molecule has 0 aromatic carbocycles. The van der Waals surface area contributed by atoms with E-state index in [-0.39, 0.29) is 6.04 Å². The van der Waals surface area contributed by atoms with E-state index in [9.17, 15) is 8.42 Å². The summed E-state index contributed by atoms with van der Waals surface area (Å²) in [7, 11) is -1.32. The van der Waals surface area contributed by atoms with Gasteiger partial charge in [-0.1, -0.05) is 0 Å². The van der Waals surface area contributed by atoms with Gasteiger partial charge in [0.1, 0.15) is 0 Å². The fourth-order valence-corrected chi connectivity index (χ4v) is 6.07. The second-order valence-corrected chi connectivity index (χ2v) is 9.46. The number of piperidine rings is 1. The van der Waals surface area contributed by atoms with E-state index in [1.165, 1.54) is 11.3 Å². The molecule has 0 saturated carbocycles. The summed E-state index contributed by atoms with van der Waals surface area (Å²) >= 11 is 4.79. The van der Waals surface area contributed by atoms with Crippen LogP contribution in [0.5, 0.6) is 0 Å². The van der Waals surface area contributed by atoms with Crippen LogP contribution in [0.2, 0.25) is 0 Å². The molecule has 2 atom stereocenters. The molecule has 1 N–H and O–H groups in total. The molecule has 0 radical (unpaired) electrons. The highest BCUT2D eigenvalue weighted by atomic mass is 79.9. The van der Waals surface area contributed by atoms with Crippen LogP contribution in [-0.2, 0) is 10.0 Å². The molecule has 7 heteroatoms. The zero-order valence-corrected chi connectivity index (χ0v) is 14.5. The Kier molecular flexibility index (Phi) is 4.72. The predicted molar refractivity (Wildman–Crippen MR) is 82.2 cm³/mol. The molecule has 1 aromatic heterocycles. The number of rotatable bonds is 3. The minimum atomic E-state index is -3.40. The Hall–Kier alpha value is 0.0500. The fourth-order valence-electron chi connectivity index (χ4n) is 2.38. The first-order valence-corrected chi connectivity index (χ1v) is 9.37. The molecule has 0 amide bonds. The average molecular weight is 367 g/mol. The average Bonchev–Trinajstić information content (AvgIpc) is 2.63. The van der Waals surface area contributed by atoms with E-state index in [1.807, 2.05) is 6.92 Å². The second kappa shape index (κ2) is 5.81. The molecule has 1 aromatic rings. The Morgan fingerprint density at radius 2 is 2.21 bits per heavy atom. The number of sulfonamides is 1. The molecule has 19 heavy (non-hydrogen) atoms. The van der Waals surface area contributed by atoms with E-state index in [0.717, 1.165) is 28.0 Å². The number of hydrogen-bond donors (Lipinski definition) is 1. The minimum Gasteiger partial charge on any atom is -0.304 e. The van der Waals surface area contributed by atoms with Gasteiger partial charge in [0.25, 0.3) is 0 Å². The Bertz CT molecular complexity index is 556. The van der Waals surface area contributed by atoms with Gasteiger partial charge in [-0.2, -0.15) is 0 Å². The zero-order chi connectivity index (χ0) is 14.2. The summed E-state index contributed by atoms with van der Waals surface area (Å²) in [6.07, 6.45) is 1.73. The Labute approximate surface area is 127 Å². The molecule has 1 saturated heterocycles. The summed E-state index contributed by atoms with van der Waals surface area (Å²) in [6, 6.07) is 2.13. The Balaban J connectivity index is 2.12. The van der Waals surface area contributed by atoms with Gasteiger partial charge >= 0.3 is 0 Å². The number of nitrogens with zero attached hydrogens (tertiary/aromatic N) is 1. The van der Waals surface area contributed by atoms with Gasteiger partial charge in [0, 0.05) is 17.0 Å². The number of aryl methyl sites for hydroxylation is 1. The monoisotopic (exact) mass is 366 g/mol. The minimum absolute atomic E-state index is 0.0364. The van der Waals surface area contributed by atoms with Gasteiger partial charge in [-0.15, -0.1) is 11.3 Å². The van der Waals surface area contributed by atoms with Gasteiger partial charge in [-0.25, -0.2) is 13.1 Å². The summed E-state index contributed by atoms with van der Waals surface area (Å²) in [5.41, 5.74) is 0. The van der Waals surface area contributed by atoms with Gasteiger partial charge < -0.3 is 4.90 Å². The lowest BCUT2D eigenvalue weighted by atomic mass is 10.0. The van der Waals surface area contributed by atoms with Gasteiger partial charge in [-0.05, 0) is 62.3 Å². The molecule has 2 unspecified atom stereocenters. The van der Waals surface area contributed by atoms with E-state index in [4.69, 9.17) is 0 Å². The molecule has 0 spiro atoms. The Morgan fingerprint density at radius 1 is 1.53 bits per heavy atom. The normalized spacial score (nSPS) is 25.7. The topological polar surface area (TPSA) is 49.4 Å². The predicted octanol–water partition coefficient (Wildman–Crippen LogP) is 2.58. The molecular weight excluding hydrogens is 348 g/mol. The van der Waals surface area contributed by atoms with E-state index in [1.54, 1.807) is 6.07 Å². The van der Waals surface area contributed by atoms with E-state index < -0.39 is 10.0 Å². The van der Waals surface area contributed by atoms with Crippen molar-refractivity contribution in [3.63, 3.8) is 0 Å². The maximum absolute atomic E-state index is 12.4. The molecular formula is C12H19BrN2O2S2. The van der Waals surface area contributed by atoms with Crippen LogP contribution in [0.3, 0.4) is 0 Å². The highest BCUT2D eigenvalue weighted by Crippen LogP contribution is 2.30. The molecule has 0 bridgehead atoms. The maximum atomic E-state index is 12.4. The second-order valence-electron chi connectivity index (χ2n) is 5.14. The van der Waals surface area contributed by atoms with E-state index in [2.05, 4.69) is 39.5 Å². The van der Waals surface area contributed by atoms with Crippen molar-refractivity contribution in [2.24, 2.45) is 0 Å². The summed E-state index contributed by atoms with van der Waals surface area (Å²) in [5, 5.41) is 0. The summed E-state index contributed by atoms with van der Waals surface area (Å²) in [5.74, 6) is 0. The third-order valence-electron chi connectivity index (χ3n) is 3.66. The SMILES string of the molecule is Cc1sc(Br)cc1S(=O)(=O)NC1CCN(C)C(C)C1. The van der Waals surface area contributed by atoms with Crippen LogP contribution in [0.1, 0.15) is 24.6 Å². The maximum Gasteiger partial charge on any atom is 0.241 e. The smallest absolute Gasteiger partial charge is 0.241 e. The molecule has 1 aliphatic heterocycles. The van der Waals surface area contributed by atoms with Crippen molar-refractivity contribution in [3.8, 4) is 0 Å². The van der Waals surface area contributed by atoms with Crippen molar-refractivity contribution < 1.29 is 8.42 Å². The summed E-state index contributed by atoms with van der Waals surface area (Å²) in [4.78, 5) is 3.48. The number of nitrogens with one attached hydrogen (secondary N) is 1. The largest absolute Gasteiger partial charge is 0.304 e. The third-order valence-corrected chi connectivity index (χ3v) is 6.99. The van der Waals surface area contributed by atoms with E-state index in [0.29, 0.717) is 10.9 Å².